The van der Waals surface area contributed by atoms with E-state index >= 15 is 0 Å². The van der Waals surface area contributed by atoms with Gasteiger partial charge in [0.05, 0.1) is 18.8 Å². The summed E-state index contributed by atoms with van der Waals surface area (Å²) >= 11 is 0. The average molecular weight is 284 g/mol. The van der Waals surface area contributed by atoms with Gasteiger partial charge in [0.15, 0.2) is 5.79 Å². The number of nitrogens with zero attached hydrogens (tertiary/aromatic N) is 1. The molecule has 0 aromatic rings. The van der Waals surface area contributed by atoms with E-state index in [2.05, 4.69) is 6.92 Å². The molecule has 0 aliphatic carbocycles. The molecule has 2 aliphatic heterocycles. The van der Waals surface area contributed by atoms with Gasteiger partial charge in [0, 0.05) is 19.0 Å². The van der Waals surface area contributed by atoms with Gasteiger partial charge in [-0.2, -0.15) is 0 Å². The Balaban J connectivity index is 1.89. The van der Waals surface area contributed by atoms with Crippen LogP contribution in [-0.2, 0) is 14.3 Å². The van der Waals surface area contributed by atoms with Gasteiger partial charge < -0.3 is 20.1 Å². The van der Waals surface area contributed by atoms with Crippen molar-refractivity contribution in [3.63, 3.8) is 0 Å². The molecular formula is C15H28N2O3. The van der Waals surface area contributed by atoms with Crippen LogP contribution in [0, 0.1) is 5.92 Å². The molecule has 0 spiro atoms. The fraction of sp³-hybridized carbons (Fsp3) is 0.933. The molecular weight excluding hydrogens is 256 g/mol. The second-order valence-electron chi connectivity index (χ2n) is 6.45. The second kappa shape index (κ2) is 6.00. The van der Waals surface area contributed by atoms with E-state index in [1.54, 1.807) is 0 Å². The van der Waals surface area contributed by atoms with E-state index in [1.807, 2.05) is 18.7 Å². The Hall–Kier alpha value is -0.650. The maximum absolute atomic E-state index is 12.5. The van der Waals surface area contributed by atoms with Crippen molar-refractivity contribution in [2.45, 2.75) is 57.8 Å². The van der Waals surface area contributed by atoms with E-state index in [0.29, 0.717) is 19.1 Å². The number of rotatable bonds is 4. The molecule has 2 heterocycles. The molecule has 0 saturated carbocycles. The van der Waals surface area contributed by atoms with Gasteiger partial charge in [-0.3, -0.25) is 4.79 Å². The van der Waals surface area contributed by atoms with Crippen molar-refractivity contribution >= 4 is 5.91 Å². The summed E-state index contributed by atoms with van der Waals surface area (Å²) in [4.78, 5) is 14.4. The summed E-state index contributed by atoms with van der Waals surface area (Å²) in [5, 5.41) is 0. The van der Waals surface area contributed by atoms with Gasteiger partial charge in [0.25, 0.3) is 0 Å². The Morgan fingerprint density at radius 1 is 1.35 bits per heavy atom. The number of likely N-dealkylation sites (tertiary alicyclic amines) is 1. The van der Waals surface area contributed by atoms with E-state index in [0.717, 1.165) is 38.8 Å². The largest absolute Gasteiger partial charge is 0.348 e. The standard InChI is InChI=1S/C15H28N2O3/c1-4-7-14(2,16)13(18)17-8-5-12(6-9-17)15(3)19-10-11-20-15/h12H,4-11,16H2,1-3H3. The first kappa shape index (κ1) is 15.7. The summed E-state index contributed by atoms with van der Waals surface area (Å²) in [5.41, 5.74) is 5.41. The summed E-state index contributed by atoms with van der Waals surface area (Å²) in [6.45, 7) is 8.77. The first-order valence-corrected chi connectivity index (χ1v) is 7.75. The number of nitrogens with two attached hydrogens (primary N) is 1. The maximum Gasteiger partial charge on any atom is 0.242 e. The van der Waals surface area contributed by atoms with Crippen LogP contribution in [0.15, 0.2) is 0 Å². The highest BCUT2D eigenvalue weighted by Gasteiger charge is 2.43. The molecule has 2 N–H and O–H groups in total. The molecule has 116 valence electrons. The normalized spacial score (nSPS) is 26.5. The molecule has 2 fully saturated rings. The highest BCUT2D eigenvalue weighted by atomic mass is 16.7. The fourth-order valence-electron chi connectivity index (χ4n) is 3.36. The van der Waals surface area contributed by atoms with Crippen LogP contribution in [0.3, 0.4) is 0 Å². The molecule has 20 heavy (non-hydrogen) atoms. The van der Waals surface area contributed by atoms with Crippen LogP contribution < -0.4 is 5.73 Å². The summed E-state index contributed by atoms with van der Waals surface area (Å²) in [5.74, 6) is -0.00892. The Kier molecular flexibility index (Phi) is 4.72. The first-order chi connectivity index (χ1) is 9.39. The lowest BCUT2D eigenvalue weighted by Gasteiger charge is -2.41. The van der Waals surface area contributed by atoms with Crippen LogP contribution in [-0.4, -0.2) is 48.4 Å². The Labute approximate surface area is 121 Å². The molecule has 0 radical (unpaired) electrons. The van der Waals surface area contributed by atoms with Crippen LogP contribution in [0.5, 0.6) is 0 Å². The van der Waals surface area contributed by atoms with Gasteiger partial charge in [0.2, 0.25) is 5.91 Å². The van der Waals surface area contributed by atoms with E-state index < -0.39 is 11.3 Å². The second-order valence-corrected chi connectivity index (χ2v) is 6.45. The van der Waals surface area contributed by atoms with E-state index in [9.17, 15) is 4.79 Å². The molecule has 5 heteroatoms. The molecule has 2 rings (SSSR count). The maximum atomic E-state index is 12.5. The molecule has 2 aliphatic rings. The molecule has 1 unspecified atom stereocenters. The quantitative estimate of drug-likeness (QED) is 0.850. The van der Waals surface area contributed by atoms with Gasteiger partial charge >= 0.3 is 0 Å². The number of hydrogen-bond acceptors (Lipinski definition) is 4. The van der Waals surface area contributed by atoms with Gasteiger partial charge in [-0.25, -0.2) is 0 Å². The Morgan fingerprint density at radius 3 is 2.40 bits per heavy atom. The summed E-state index contributed by atoms with van der Waals surface area (Å²) in [6, 6.07) is 0. The molecule has 0 aromatic heterocycles. The minimum Gasteiger partial charge on any atom is -0.348 e. The van der Waals surface area contributed by atoms with Crippen molar-refractivity contribution < 1.29 is 14.3 Å². The third kappa shape index (κ3) is 3.15. The van der Waals surface area contributed by atoms with Crippen molar-refractivity contribution in [2.24, 2.45) is 11.7 Å². The van der Waals surface area contributed by atoms with Crippen LogP contribution in [0.2, 0.25) is 0 Å². The smallest absolute Gasteiger partial charge is 0.242 e. The number of ether oxygens (including phenoxy) is 2. The van der Waals surface area contributed by atoms with Gasteiger partial charge in [-0.1, -0.05) is 13.3 Å². The Morgan fingerprint density at radius 2 is 1.90 bits per heavy atom. The van der Waals surface area contributed by atoms with Crippen molar-refractivity contribution in [2.75, 3.05) is 26.3 Å². The van der Waals surface area contributed by atoms with Crippen molar-refractivity contribution in [1.82, 2.24) is 4.90 Å². The topological polar surface area (TPSA) is 64.8 Å². The highest BCUT2D eigenvalue weighted by molar-refractivity contribution is 5.85. The van der Waals surface area contributed by atoms with Crippen LogP contribution in [0.25, 0.3) is 0 Å². The lowest BCUT2D eigenvalue weighted by Crippen LogP contribution is -2.56. The molecule has 1 amide bonds. The monoisotopic (exact) mass is 284 g/mol. The van der Waals surface area contributed by atoms with Gasteiger partial charge in [-0.15, -0.1) is 0 Å². The third-order valence-electron chi connectivity index (χ3n) is 4.64. The first-order valence-electron chi connectivity index (χ1n) is 7.75. The SMILES string of the molecule is CCCC(C)(N)C(=O)N1CCC(C2(C)OCCO2)CC1. The molecule has 2 saturated heterocycles. The van der Waals surface area contributed by atoms with Crippen molar-refractivity contribution in [3.05, 3.63) is 0 Å². The Bertz CT molecular complexity index is 343. The van der Waals surface area contributed by atoms with Crippen LogP contribution >= 0.6 is 0 Å². The molecule has 5 nitrogen and oxygen atoms in total. The third-order valence-corrected chi connectivity index (χ3v) is 4.64. The number of carbonyl (C=O) groups excluding carboxylic acids is 1. The fourth-order valence-corrected chi connectivity index (χ4v) is 3.36. The van der Waals surface area contributed by atoms with Crippen LogP contribution in [0.1, 0.15) is 46.5 Å². The minimum absolute atomic E-state index is 0.0798. The minimum atomic E-state index is -0.730. The zero-order valence-corrected chi connectivity index (χ0v) is 13.0. The lowest BCUT2D eigenvalue weighted by molar-refractivity contribution is -0.192. The highest BCUT2D eigenvalue weighted by Crippen LogP contribution is 2.35. The van der Waals surface area contributed by atoms with Crippen LogP contribution in [0.4, 0.5) is 0 Å². The number of amides is 1. The molecule has 1 atom stereocenters. The van der Waals surface area contributed by atoms with E-state index in [1.165, 1.54) is 0 Å². The predicted octanol–water partition coefficient (Wildman–Crippen LogP) is 1.51. The molecule has 0 aromatic carbocycles. The summed E-state index contributed by atoms with van der Waals surface area (Å²) in [6.07, 6.45) is 3.50. The van der Waals surface area contributed by atoms with Crippen molar-refractivity contribution in [1.29, 1.82) is 0 Å². The zero-order valence-electron chi connectivity index (χ0n) is 13.0. The zero-order chi connectivity index (χ0) is 14.8. The van der Waals surface area contributed by atoms with Gasteiger partial charge in [0.1, 0.15) is 0 Å². The average Bonchev–Trinajstić information content (AvgIpc) is 2.86. The van der Waals surface area contributed by atoms with Gasteiger partial charge in [-0.05, 0) is 33.1 Å². The summed E-state index contributed by atoms with van der Waals surface area (Å²) < 4.78 is 11.5. The summed E-state index contributed by atoms with van der Waals surface area (Å²) in [7, 11) is 0. The van der Waals surface area contributed by atoms with E-state index in [-0.39, 0.29) is 5.91 Å². The number of carbonyl (C=O) groups is 1. The predicted molar refractivity (Wildman–Crippen MR) is 77.1 cm³/mol. The molecule has 0 bridgehead atoms. The lowest BCUT2D eigenvalue weighted by atomic mass is 9.87. The number of piperidine rings is 1. The van der Waals surface area contributed by atoms with Crippen molar-refractivity contribution in [3.8, 4) is 0 Å². The number of hydrogen-bond donors (Lipinski definition) is 1. The van der Waals surface area contributed by atoms with E-state index in [4.69, 9.17) is 15.2 Å².